The van der Waals surface area contributed by atoms with Crippen LogP contribution in [0.25, 0.3) is 0 Å². The molecule has 1 unspecified atom stereocenters. The highest BCUT2D eigenvalue weighted by atomic mass is 127. The summed E-state index contributed by atoms with van der Waals surface area (Å²) in [6.07, 6.45) is 0. The lowest BCUT2D eigenvalue weighted by Gasteiger charge is -2.17. The van der Waals surface area contributed by atoms with Crippen LogP contribution in [0, 0.1) is 3.57 Å². The average Bonchev–Trinajstić information content (AvgIpc) is 2.43. The maximum absolute atomic E-state index is 5.97. The van der Waals surface area contributed by atoms with Gasteiger partial charge in [0.15, 0.2) is 0 Å². The number of ether oxygens (including phenoxy) is 1. The number of anilines is 1. The topological polar surface area (TPSA) is 21.3 Å². The predicted octanol–water partition coefficient (Wildman–Crippen LogP) is 5.52. The summed E-state index contributed by atoms with van der Waals surface area (Å²) in [6, 6.07) is 14.3. The van der Waals surface area contributed by atoms with E-state index in [9.17, 15) is 0 Å². The molecule has 106 valence electrons. The first-order chi connectivity index (χ1) is 9.60. The molecule has 1 atom stereocenters. The molecule has 0 aromatic heterocycles. The van der Waals surface area contributed by atoms with Gasteiger partial charge in [-0.15, -0.1) is 0 Å². The first kappa shape index (κ1) is 15.4. The van der Waals surface area contributed by atoms with Crippen molar-refractivity contribution in [3.63, 3.8) is 0 Å². The van der Waals surface area contributed by atoms with E-state index in [1.165, 1.54) is 5.56 Å². The summed E-state index contributed by atoms with van der Waals surface area (Å²) in [7, 11) is 0. The summed E-state index contributed by atoms with van der Waals surface area (Å²) in [5.74, 6) is 0.907. The average molecular weight is 402 g/mol. The Morgan fingerprint density at radius 1 is 1.20 bits per heavy atom. The van der Waals surface area contributed by atoms with E-state index in [1.807, 2.05) is 37.3 Å². The van der Waals surface area contributed by atoms with Crippen molar-refractivity contribution in [1.82, 2.24) is 0 Å². The molecule has 2 nitrogen and oxygen atoms in total. The van der Waals surface area contributed by atoms with E-state index in [0.717, 1.165) is 20.0 Å². The Morgan fingerprint density at radius 3 is 2.50 bits per heavy atom. The van der Waals surface area contributed by atoms with Gasteiger partial charge in [0.2, 0.25) is 0 Å². The maximum Gasteiger partial charge on any atom is 0.119 e. The Hall–Kier alpha value is -0.940. The van der Waals surface area contributed by atoms with Gasteiger partial charge in [-0.2, -0.15) is 0 Å². The predicted molar refractivity (Wildman–Crippen MR) is 93.8 cm³/mol. The van der Waals surface area contributed by atoms with Crippen molar-refractivity contribution < 1.29 is 4.74 Å². The highest BCUT2D eigenvalue weighted by Gasteiger charge is 2.08. The van der Waals surface area contributed by atoms with Gasteiger partial charge < -0.3 is 10.1 Å². The first-order valence-electron chi connectivity index (χ1n) is 6.54. The maximum atomic E-state index is 5.97. The van der Waals surface area contributed by atoms with Gasteiger partial charge in [-0.3, -0.25) is 0 Å². The molecule has 0 heterocycles. The largest absolute Gasteiger partial charge is 0.494 e. The number of hydrogen-bond donors (Lipinski definition) is 1. The molecule has 0 saturated heterocycles. The van der Waals surface area contributed by atoms with Crippen LogP contribution in [-0.4, -0.2) is 6.61 Å². The summed E-state index contributed by atoms with van der Waals surface area (Å²) in [5.41, 5.74) is 2.32. The van der Waals surface area contributed by atoms with Crippen LogP contribution in [0.3, 0.4) is 0 Å². The van der Waals surface area contributed by atoms with E-state index in [4.69, 9.17) is 16.3 Å². The van der Waals surface area contributed by atoms with Crippen LogP contribution in [0.1, 0.15) is 25.5 Å². The van der Waals surface area contributed by atoms with E-state index in [-0.39, 0.29) is 6.04 Å². The standard InChI is InChI=1S/C16H17ClINO/c1-3-20-14-7-4-12(5-8-14)11(2)19-16-9-6-13(17)10-15(16)18/h4-11,19H,3H2,1-2H3. The van der Waals surface area contributed by atoms with Crippen LogP contribution in [0.5, 0.6) is 5.75 Å². The number of hydrogen-bond acceptors (Lipinski definition) is 2. The molecule has 0 bridgehead atoms. The Morgan fingerprint density at radius 2 is 1.90 bits per heavy atom. The number of halogens is 2. The highest BCUT2D eigenvalue weighted by molar-refractivity contribution is 14.1. The summed E-state index contributed by atoms with van der Waals surface area (Å²) in [5, 5.41) is 4.26. The molecule has 2 aromatic rings. The minimum absolute atomic E-state index is 0.223. The van der Waals surface area contributed by atoms with Gasteiger partial charge >= 0.3 is 0 Å². The zero-order chi connectivity index (χ0) is 14.5. The normalized spacial score (nSPS) is 12.0. The molecule has 0 saturated carbocycles. The minimum Gasteiger partial charge on any atom is -0.494 e. The molecule has 0 amide bonds. The van der Waals surface area contributed by atoms with Gasteiger partial charge in [0.1, 0.15) is 5.75 Å². The molecule has 1 N–H and O–H groups in total. The lowest BCUT2D eigenvalue weighted by atomic mass is 10.1. The second-order valence-corrected chi connectivity index (χ2v) is 6.09. The van der Waals surface area contributed by atoms with E-state index in [1.54, 1.807) is 0 Å². The third-order valence-electron chi connectivity index (χ3n) is 2.99. The quantitative estimate of drug-likeness (QED) is 0.666. The van der Waals surface area contributed by atoms with Crippen molar-refractivity contribution in [2.45, 2.75) is 19.9 Å². The van der Waals surface area contributed by atoms with Crippen LogP contribution >= 0.6 is 34.2 Å². The molecule has 0 radical (unpaired) electrons. The van der Waals surface area contributed by atoms with E-state index in [2.05, 4.69) is 47.0 Å². The van der Waals surface area contributed by atoms with E-state index in [0.29, 0.717) is 6.61 Å². The molecular formula is C16H17ClINO. The van der Waals surface area contributed by atoms with Gasteiger partial charge in [-0.1, -0.05) is 23.7 Å². The summed E-state index contributed by atoms with van der Waals surface area (Å²) >= 11 is 8.26. The van der Waals surface area contributed by atoms with Crippen molar-refractivity contribution in [2.24, 2.45) is 0 Å². The first-order valence-corrected chi connectivity index (χ1v) is 8.00. The van der Waals surface area contributed by atoms with Gasteiger partial charge in [-0.25, -0.2) is 0 Å². The molecule has 4 heteroatoms. The van der Waals surface area contributed by atoms with Crippen molar-refractivity contribution >= 4 is 39.9 Å². The highest BCUT2D eigenvalue weighted by Crippen LogP contribution is 2.27. The van der Waals surface area contributed by atoms with Crippen molar-refractivity contribution in [3.8, 4) is 5.75 Å². The van der Waals surface area contributed by atoms with Gasteiger partial charge in [-0.05, 0) is 72.3 Å². The van der Waals surface area contributed by atoms with Crippen LogP contribution in [-0.2, 0) is 0 Å². The Labute approximate surface area is 138 Å². The fraction of sp³-hybridized carbons (Fsp3) is 0.250. The Kier molecular flexibility index (Phi) is 5.54. The molecule has 0 aliphatic heterocycles. The molecule has 2 rings (SSSR count). The smallest absolute Gasteiger partial charge is 0.119 e. The minimum atomic E-state index is 0.223. The van der Waals surface area contributed by atoms with Gasteiger partial charge in [0, 0.05) is 20.3 Å². The van der Waals surface area contributed by atoms with Crippen LogP contribution in [0.4, 0.5) is 5.69 Å². The molecule has 0 fully saturated rings. The van der Waals surface area contributed by atoms with Gasteiger partial charge in [0.25, 0.3) is 0 Å². The van der Waals surface area contributed by atoms with Crippen LogP contribution < -0.4 is 10.1 Å². The fourth-order valence-electron chi connectivity index (χ4n) is 1.94. The summed E-state index contributed by atoms with van der Waals surface area (Å²) < 4.78 is 6.57. The van der Waals surface area contributed by atoms with Gasteiger partial charge in [0.05, 0.1) is 6.61 Å². The summed E-state index contributed by atoms with van der Waals surface area (Å²) in [6.45, 7) is 4.82. The van der Waals surface area contributed by atoms with Crippen LogP contribution in [0.2, 0.25) is 5.02 Å². The third kappa shape index (κ3) is 4.03. The van der Waals surface area contributed by atoms with Crippen LogP contribution in [0.15, 0.2) is 42.5 Å². The lowest BCUT2D eigenvalue weighted by molar-refractivity contribution is 0.340. The molecule has 0 spiro atoms. The zero-order valence-electron chi connectivity index (χ0n) is 11.5. The number of benzene rings is 2. The third-order valence-corrected chi connectivity index (χ3v) is 4.12. The van der Waals surface area contributed by atoms with Crippen molar-refractivity contribution in [1.29, 1.82) is 0 Å². The molecule has 20 heavy (non-hydrogen) atoms. The Bertz CT molecular complexity index is 571. The fourth-order valence-corrected chi connectivity index (χ4v) is 2.97. The Balaban J connectivity index is 2.09. The number of rotatable bonds is 5. The zero-order valence-corrected chi connectivity index (χ0v) is 14.4. The van der Waals surface area contributed by atoms with Crippen molar-refractivity contribution in [2.75, 3.05) is 11.9 Å². The SMILES string of the molecule is CCOc1ccc(C(C)Nc2ccc(Cl)cc2I)cc1. The number of nitrogens with one attached hydrogen (secondary N) is 1. The summed E-state index contributed by atoms with van der Waals surface area (Å²) in [4.78, 5) is 0. The monoisotopic (exact) mass is 401 g/mol. The second-order valence-electron chi connectivity index (χ2n) is 4.49. The lowest BCUT2D eigenvalue weighted by Crippen LogP contribution is -2.07. The molecule has 0 aliphatic carbocycles. The van der Waals surface area contributed by atoms with Crippen molar-refractivity contribution in [3.05, 3.63) is 56.6 Å². The molecular weight excluding hydrogens is 385 g/mol. The van der Waals surface area contributed by atoms with E-state index < -0.39 is 0 Å². The second kappa shape index (κ2) is 7.18. The molecule has 2 aromatic carbocycles. The van der Waals surface area contributed by atoms with E-state index >= 15 is 0 Å². The molecule has 0 aliphatic rings.